The normalized spacial score (nSPS) is 11.8. The third kappa shape index (κ3) is 6.45. The number of rotatable bonds is 8. The number of nitrogens with one attached hydrogen (secondary N) is 1. The van der Waals surface area contributed by atoms with Crippen molar-refractivity contribution in [1.29, 1.82) is 0 Å². The Balaban J connectivity index is 1.86. The second kappa shape index (κ2) is 11.1. The van der Waals surface area contributed by atoms with Gasteiger partial charge in [0, 0.05) is 17.1 Å². The van der Waals surface area contributed by atoms with Gasteiger partial charge in [-0.3, -0.25) is 4.79 Å². The first-order valence-corrected chi connectivity index (χ1v) is 12.7. The van der Waals surface area contributed by atoms with Gasteiger partial charge in [-0.15, -0.1) is 0 Å². The number of hydrogen-bond donors (Lipinski definition) is 1. The molecule has 3 aromatic rings. The minimum Gasteiger partial charge on any atom is -0.272 e. The molecule has 0 aromatic heterocycles. The maximum Gasteiger partial charge on any atom is 0.255 e. The molecule has 0 unspecified atom stereocenters. The molecule has 0 aliphatic rings. The average Bonchev–Trinajstić information content (AvgIpc) is 2.74. The predicted octanol–water partition coefficient (Wildman–Crippen LogP) is 5.26. The van der Waals surface area contributed by atoms with E-state index in [0.29, 0.717) is 26.7 Å². The van der Waals surface area contributed by atoms with Gasteiger partial charge in [0.15, 0.2) is 0 Å². The minimum absolute atomic E-state index is 0.0378. The molecule has 6 nitrogen and oxygen atoms in total. The fraction of sp³-hybridized carbons (Fsp3) is 0.200. The molecule has 0 spiro atoms. The number of sulfonamides is 1. The molecule has 34 heavy (non-hydrogen) atoms. The van der Waals surface area contributed by atoms with Crippen LogP contribution in [-0.4, -0.2) is 31.4 Å². The lowest BCUT2D eigenvalue weighted by atomic mass is 10.1. The van der Waals surface area contributed by atoms with Crippen LogP contribution in [0.5, 0.6) is 0 Å². The number of halogens is 2. The van der Waals surface area contributed by atoms with Gasteiger partial charge in [-0.05, 0) is 49.6 Å². The Morgan fingerprint density at radius 3 is 2.26 bits per heavy atom. The van der Waals surface area contributed by atoms with Gasteiger partial charge < -0.3 is 0 Å². The van der Waals surface area contributed by atoms with Crippen LogP contribution in [0.1, 0.15) is 27.8 Å². The van der Waals surface area contributed by atoms with Crippen LogP contribution in [0.2, 0.25) is 10.0 Å². The van der Waals surface area contributed by atoms with Gasteiger partial charge in [0.05, 0.1) is 22.7 Å². The largest absolute Gasteiger partial charge is 0.272 e. The van der Waals surface area contributed by atoms with Crippen LogP contribution in [0.4, 0.5) is 0 Å². The molecule has 1 N–H and O–H groups in total. The summed E-state index contributed by atoms with van der Waals surface area (Å²) in [5.41, 5.74) is 5.94. The highest BCUT2D eigenvalue weighted by Gasteiger charge is 2.30. The molecule has 0 atom stereocenters. The zero-order chi connectivity index (χ0) is 24.9. The smallest absolute Gasteiger partial charge is 0.255 e. The van der Waals surface area contributed by atoms with Gasteiger partial charge in [0.2, 0.25) is 10.0 Å². The van der Waals surface area contributed by atoms with Crippen LogP contribution in [0, 0.1) is 20.8 Å². The van der Waals surface area contributed by atoms with E-state index in [1.54, 1.807) is 32.0 Å². The molecule has 178 valence electrons. The Labute approximate surface area is 210 Å². The lowest BCUT2D eigenvalue weighted by Gasteiger charge is -2.24. The lowest BCUT2D eigenvalue weighted by molar-refractivity contribution is -0.121. The van der Waals surface area contributed by atoms with Crippen molar-refractivity contribution in [3.63, 3.8) is 0 Å². The third-order valence-electron chi connectivity index (χ3n) is 5.08. The Hall–Kier alpha value is -2.71. The molecular formula is C25H25Cl2N3O3S. The molecule has 0 aliphatic carbocycles. The van der Waals surface area contributed by atoms with Crippen LogP contribution < -0.4 is 5.43 Å². The first-order valence-electron chi connectivity index (χ1n) is 10.5. The topological polar surface area (TPSA) is 78.8 Å². The zero-order valence-electron chi connectivity index (χ0n) is 19.0. The quantitative estimate of drug-likeness (QED) is 0.327. The van der Waals surface area contributed by atoms with E-state index in [1.807, 2.05) is 49.4 Å². The molecular weight excluding hydrogens is 493 g/mol. The van der Waals surface area contributed by atoms with Gasteiger partial charge in [-0.2, -0.15) is 9.41 Å². The predicted molar refractivity (Wildman–Crippen MR) is 137 cm³/mol. The van der Waals surface area contributed by atoms with E-state index < -0.39 is 22.5 Å². The summed E-state index contributed by atoms with van der Waals surface area (Å²) < 4.78 is 28.5. The van der Waals surface area contributed by atoms with E-state index in [4.69, 9.17) is 23.2 Å². The van der Waals surface area contributed by atoms with Gasteiger partial charge >= 0.3 is 0 Å². The Morgan fingerprint density at radius 1 is 1.00 bits per heavy atom. The molecule has 3 aromatic carbocycles. The lowest BCUT2D eigenvalue weighted by Crippen LogP contribution is -2.39. The summed E-state index contributed by atoms with van der Waals surface area (Å²) in [6.07, 6.45) is 1.38. The van der Waals surface area contributed by atoms with Gasteiger partial charge in [-0.1, -0.05) is 77.3 Å². The number of nitrogens with zero attached hydrogens (tertiary/aromatic N) is 2. The highest BCUT2D eigenvalue weighted by Crippen LogP contribution is 2.26. The molecule has 0 saturated carbocycles. The molecule has 3 rings (SSSR count). The van der Waals surface area contributed by atoms with Crippen LogP contribution in [0.3, 0.4) is 0 Å². The molecule has 0 fully saturated rings. The average molecular weight is 518 g/mol. The summed E-state index contributed by atoms with van der Waals surface area (Å²) in [7, 11) is -3.98. The van der Waals surface area contributed by atoms with Crippen LogP contribution in [-0.2, 0) is 21.4 Å². The summed E-state index contributed by atoms with van der Waals surface area (Å²) in [5.74, 6) is -0.580. The Morgan fingerprint density at radius 2 is 1.65 bits per heavy atom. The molecule has 0 saturated heterocycles. The van der Waals surface area contributed by atoms with Crippen LogP contribution in [0.25, 0.3) is 0 Å². The van der Waals surface area contributed by atoms with Crippen molar-refractivity contribution in [2.24, 2.45) is 5.10 Å². The number of hydrogen-bond acceptors (Lipinski definition) is 4. The standard InChI is InChI=1S/C25H25Cl2N3O3S/c1-17-11-18(2)25(19(3)12-17)34(32,33)30(15-20-7-5-4-6-8-20)16-24(31)29-28-14-21-9-10-22(26)13-23(21)27/h4-14H,15-16H2,1-3H3,(H,29,31)/b28-14-. The second-order valence-corrected chi connectivity index (χ2v) is 10.7. The van der Waals surface area contributed by atoms with Gasteiger partial charge in [-0.25, -0.2) is 13.8 Å². The maximum absolute atomic E-state index is 13.7. The molecule has 0 radical (unpaired) electrons. The number of carbonyl (C=O) groups excluding carboxylic acids is 1. The summed E-state index contributed by atoms with van der Waals surface area (Å²) in [4.78, 5) is 12.9. The molecule has 0 bridgehead atoms. The number of hydrazone groups is 1. The second-order valence-electron chi connectivity index (χ2n) is 7.95. The number of carbonyl (C=O) groups is 1. The van der Waals surface area contributed by atoms with Crippen molar-refractivity contribution >= 4 is 45.3 Å². The van der Waals surface area contributed by atoms with Crippen molar-refractivity contribution in [3.05, 3.63) is 98.5 Å². The van der Waals surface area contributed by atoms with Crippen molar-refractivity contribution in [3.8, 4) is 0 Å². The van der Waals surface area contributed by atoms with Crippen molar-refractivity contribution < 1.29 is 13.2 Å². The Kier molecular flexibility index (Phi) is 8.49. The highest BCUT2D eigenvalue weighted by atomic mass is 35.5. The maximum atomic E-state index is 13.7. The number of aryl methyl sites for hydroxylation is 3. The van der Waals surface area contributed by atoms with Gasteiger partial charge in [0.25, 0.3) is 5.91 Å². The molecule has 9 heteroatoms. The van der Waals surface area contributed by atoms with E-state index >= 15 is 0 Å². The molecule has 1 amide bonds. The van der Waals surface area contributed by atoms with E-state index in [-0.39, 0.29) is 11.4 Å². The highest BCUT2D eigenvalue weighted by molar-refractivity contribution is 7.89. The van der Waals surface area contributed by atoms with E-state index in [0.717, 1.165) is 15.4 Å². The van der Waals surface area contributed by atoms with E-state index in [9.17, 15) is 13.2 Å². The van der Waals surface area contributed by atoms with Crippen molar-refractivity contribution in [1.82, 2.24) is 9.73 Å². The van der Waals surface area contributed by atoms with Crippen LogP contribution in [0.15, 0.2) is 70.7 Å². The Bertz CT molecular complexity index is 1300. The van der Waals surface area contributed by atoms with Crippen molar-refractivity contribution in [2.75, 3.05) is 6.54 Å². The summed E-state index contributed by atoms with van der Waals surface area (Å²) in [6, 6.07) is 17.6. The van der Waals surface area contributed by atoms with E-state index in [1.165, 1.54) is 6.21 Å². The monoisotopic (exact) mass is 517 g/mol. The first kappa shape index (κ1) is 25.9. The first-order chi connectivity index (χ1) is 16.1. The molecule has 0 aliphatic heterocycles. The fourth-order valence-electron chi connectivity index (χ4n) is 3.69. The van der Waals surface area contributed by atoms with Crippen molar-refractivity contribution in [2.45, 2.75) is 32.2 Å². The molecule has 0 heterocycles. The fourth-order valence-corrected chi connectivity index (χ4v) is 5.94. The summed E-state index contributed by atoms with van der Waals surface area (Å²) in [6.45, 7) is 5.06. The number of benzene rings is 3. The SMILES string of the molecule is Cc1cc(C)c(S(=O)(=O)N(CC(=O)N/N=C\c2ccc(Cl)cc2Cl)Cc2ccccc2)c(C)c1. The third-order valence-corrected chi connectivity index (χ3v) is 7.74. The minimum atomic E-state index is -3.98. The summed E-state index contributed by atoms with van der Waals surface area (Å²) >= 11 is 12.0. The zero-order valence-corrected chi connectivity index (χ0v) is 21.4. The van der Waals surface area contributed by atoms with E-state index in [2.05, 4.69) is 10.5 Å². The number of amides is 1. The van der Waals surface area contributed by atoms with Gasteiger partial charge in [0.1, 0.15) is 0 Å². The summed E-state index contributed by atoms with van der Waals surface area (Å²) in [5, 5.41) is 4.78. The van der Waals surface area contributed by atoms with Crippen LogP contribution >= 0.6 is 23.2 Å².